The predicted molar refractivity (Wildman–Crippen MR) is 131 cm³/mol. The lowest BCUT2D eigenvalue weighted by molar-refractivity contribution is -0.139. The van der Waals surface area contributed by atoms with E-state index in [1.54, 1.807) is 23.0 Å². The Morgan fingerprint density at radius 3 is 2.51 bits per heavy atom. The fourth-order valence-electron chi connectivity index (χ4n) is 4.02. The summed E-state index contributed by atoms with van der Waals surface area (Å²) in [6.07, 6.45) is -2.59. The summed E-state index contributed by atoms with van der Waals surface area (Å²) in [5.41, 5.74) is 7.52. The van der Waals surface area contributed by atoms with Crippen molar-refractivity contribution in [2.24, 2.45) is 5.73 Å². The van der Waals surface area contributed by atoms with Crippen LogP contribution in [0.3, 0.4) is 0 Å². The van der Waals surface area contributed by atoms with Crippen LogP contribution in [0.5, 0.6) is 5.75 Å². The van der Waals surface area contributed by atoms with E-state index in [1.165, 1.54) is 37.4 Å². The third-order valence-corrected chi connectivity index (χ3v) is 6.89. The van der Waals surface area contributed by atoms with Crippen molar-refractivity contribution in [2.75, 3.05) is 0 Å². The second kappa shape index (κ2) is 9.32. The van der Waals surface area contributed by atoms with E-state index in [0.29, 0.717) is 21.6 Å². The number of hydrogen-bond acceptors (Lipinski definition) is 5. The van der Waals surface area contributed by atoms with Crippen LogP contribution in [0, 0.1) is 5.95 Å². The average Bonchev–Trinajstić information content (AvgIpc) is 3.47. The summed E-state index contributed by atoms with van der Waals surface area (Å²) in [6.45, 7) is 1.48. The van der Waals surface area contributed by atoms with Crippen LogP contribution >= 0.6 is 11.3 Å². The Morgan fingerprint density at radius 1 is 1.05 bits per heavy atom. The van der Waals surface area contributed by atoms with Crippen LogP contribution < -0.4 is 10.5 Å². The quantitative estimate of drug-likeness (QED) is 0.201. The van der Waals surface area contributed by atoms with E-state index in [4.69, 9.17) is 10.5 Å². The first kappa shape index (κ1) is 24.4. The summed E-state index contributed by atoms with van der Waals surface area (Å²) in [7, 11) is 0. The number of imidazole rings is 1. The number of carbonyl (C=O) groups is 1. The van der Waals surface area contributed by atoms with Crippen molar-refractivity contribution < 1.29 is 27.1 Å². The third-order valence-electron chi connectivity index (χ3n) is 5.76. The van der Waals surface area contributed by atoms with Gasteiger partial charge in [0.1, 0.15) is 28.1 Å². The molecule has 11 heteroatoms. The molecule has 188 valence electrons. The molecule has 0 unspecified atom stereocenters. The molecule has 37 heavy (non-hydrogen) atoms. The Morgan fingerprint density at radius 2 is 1.81 bits per heavy atom. The molecular weight excluding hydrogens is 508 g/mol. The number of hydrogen-bond donors (Lipinski definition) is 1. The standard InChI is InChI=1S/C26H18F4N4O2S/c1-14(17-4-2-3-5-18(17)26(28,29)30)36-21-11-23(37-24(21)25(31)35)34-13-33-19-10-15(6-8-20(19)34)16-7-9-22(27)32-12-16/h2-14H,1H3,(H2,31,35)/t14-/m1/s1. The van der Waals surface area contributed by atoms with Crippen LogP contribution in [0.15, 0.2) is 73.2 Å². The summed E-state index contributed by atoms with van der Waals surface area (Å²) in [5, 5.41) is 0.541. The number of thiophene rings is 1. The third kappa shape index (κ3) is 4.77. The maximum absolute atomic E-state index is 13.5. The van der Waals surface area contributed by atoms with Gasteiger partial charge in [-0.2, -0.15) is 17.6 Å². The van der Waals surface area contributed by atoms with Crippen molar-refractivity contribution >= 4 is 28.3 Å². The van der Waals surface area contributed by atoms with Gasteiger partial charge in [0.15, 0.2) is 0 Å². The van der Waals surface area contributed by atoms with Gasteiger partial charge in [-0.05, 0) is 42.8 Å². The zero-order valence-electron chi connectivity index (χ0n) is 19.2. The first-order valence-electron chi connectivity index (χ1n) is 11.0. The number of amides is 1. The van der Waals surface area contributed by atoms with Crippen LogP contribution in [0.2, 0.25) is 0 Å². The highest BCUT2D eigenvalue weighted by Gasteiger charge is 2.35. The Labute approximate surface area is 212 Å². The molecule has 0 radical (unpaired) electrons. The molecule has 3 heterocycles. The highest BCUT2D eigenvalue weighted by Crippen LogP contribution is 2.39. The average molecular weight is 527 g/mol. The maximum Gasteiger partial charge on any atom is 0.416 e. The van der Waals surface area contributed by atoms with Crippen LogP contribution in [-0.4, -0.2) is 20.4 Å². The second-order valence-electron chi connectivity index (χ2n) is 8.18. The van der Waals surface area contributed by atoms with E-state index in [0.717, 1.165) is 23.0 Å². The number of halogens is 4. The lowest BCUT2D eigenvalue weighted by atomic mass is 10.0. The van der Waals surface area contributed by atoms with Gasteiger partial charge in [0.25, 0.3) is 5.91 Å². The van der Waals surface area contributed by atoms with Gasteiger partial charge in [-0.1, -0.05) is 24.3 Å². The molecule has 0 bridgehead atoms. The minimum absolute atomic E-state index is 0.0611. The molecule has 2 aromatic carbocycles. The van der Waals surface area contributed by atoms with E-state index in [1.807, 2.05) is 18.2 Å². The molecule has 0 aliphatic heterocycles. The monoisotopic (exact) mass is 526 g/mol. The van der Waals surface area contributed by atoms with E-state index in [2.05, 4.69) is 9.97 Å². The van der Waals surface area contributed by atoms with E-state index >= 15 is 0 Å². The summed E-state index contributed by atoms with van der Waals surface area (Å²) >= 11 is 1.04. The number of fused-ring (bicyclic) bond motifs is 1. The summed E-state index contributed by atoms with van der Waals surface area (Å²) in [4.78, 5) is 20.3. The molecular formula is C26H18F4N4O2S. The molecule has 1 atom stereocenters. The number of aromatic nitrogens is 3. The van der Waals surface area contributed by atoms with Crippen LogP contribution in [-0.2, 0) is 6.18 Å². The van der Waals surface area contributed by atoms with Crippen molar-refractivity contribution in [1.29, 1.82) is 0 Å². The lowest BCUT2D eigenvalue weighted by Gasteiger charge is -2.19. The Kier molecular flexibility index (Phi) is 6.16. The summed E-state index contributed by atoms with van der Waals surface area (Å²) in [6, 6.07) is 15.0. The van der Waals surface area contributed by atoms with Crippen LogP contribution in [0.25, 0.3) is 27.2 Å². The normalized spacial score (nSPS) is 12.6. The molecule has 0 spiro atoms. The fraction of sp³-hybridized carbons (Fsp3) is 0.115. The predicted octanol–water partition coefficient (Wildman–Crippen LogP) is 6.55. The van der Waals surface area contributed by atoms with Gasteiger partial charge in [-0.25, -0.2) is 9.97 Å². The number of ether oxygens (including phenoxy) is 1. The molecule has 5 aromatic rings. The number of carbonyl (C=O) groups excluding carboxylic acids is 1. The lowest BCUT2D eigenvalue weighted by Crippen LogP contribution is -2.15. The van der Waals surface area contributed by atoms with E-state index in [-0.39, 0.29) is 16.2 Å². The molecule has 0 saturated carbocycles. The van der Waals surface area contributed by atoms with Crippen molar-refractivity contribution in [1.82, 2.24) is 14.5 Å². The van der Waals surface area contributed by atoms with E-state index in [9.17, 15) is 22.4 Å². The number of benzene rings is 2. The number of alkyl halides is 3. The molecule has 1 amide bonds. The minimum Gasteiger partial charge on any atom is -0.484 e. The van der Waals surface area contributed by atoms with E-state index < -0.39 is 29.7 Å². The van der Waals surface area contributed by atoms with Gasteiger partial charge in [-0.15, -0.1) is 11.3 Å². The zero-order valence-corrected chi connectivity index (χ0v) is 20.0. The van der Waals surface area contributed by atoms with Gasteiger partial charge in [0.2, 0.25) is 5.95 Å². The van der Waals surface area contributed by atoms with Crippen molar-refractivity contribution in [3.05, 3.63) is 95.1 Å². The highest BCUT2D eigenvalue weighted by molar-refractivity contribution is 7.16. The molecule has 0 aliphatic carbocycles. The summed E-state index contributed by atoms with van der Waals surface area (Å²) < 4.78 is 61.2. The first-order chi connectivity index (χ1) is 17.6. The minimum atomic E-state index is -4.56. The van der Waals surface area contributed by atoms with Crippen LogP contribution in [0.4, 0.5) is 17.6 Å². The summed E-state index contributed by atoms with van der Waals surface area (Å²) in [5.74, 6) is -1.27. The topological polar surface area (TPSA) is 83.0 Å². The van der Waals surface area contributed by atoms with Crippen molar-refractivity contribution in [3.63, 3.8) is 0 Å². The zero-order chi connectivity index (χ0) is 26.3. The number of rotatable bonds is 6. The number of primary amides is 1. The molecule has 3 aromatic heterocycles. The molecule has 0 saturated heterocycles. The van der Waals surface area contributed by atoms with Crippen LogP contribution in [0.1, 0.15) is 33.8 Å². The SMILES string of the molecule is C[C@@H](Oc1cc(-n2cnc3cc(-c4ccc(F)nc4)ccc32)sc1C(N)=O)c1ccccc1C(F)(F)F. The van der Waals surface area contributed by atoms with Gasteiger partial charge in [0, 0.05) is 23.4 Å². The Hall–Kier alpha value is -4.25. The van der Waals surface area contributed by atoms with Crippen molar-refractivity contribution in [2.45, 2.75) is 19.2 Å². The largest absolute Gasteiger partial charge is 0.484 e. The molecule has 0 fully saturated rings. The number of nitrogens with two attached hydrogens (primary N) is 1. The van der Waals surface area contributed by atoms with Gasteiger partial charge in [-0.3, -0.25) is 9.36 Å². The molecule has 5 rings (SSSR count). The Balaban J connectivity index is 1.49. The Bertz CT molecular complexity index is 1610. The number of pyridine rings is 1. The molecule has 0 aliphatic rings. The van der Waals surface area contributed by atoms with Gasteiger partial charge < -0.3 is 10.5 Å². The van der Waals surface area contributed by atoms with Gasteiger partial charge >= 0.3 is 6.18 Å². The maximum atomic E-state index is 13.5. The first-order valence-corrected chi connectivity index (χ1v) is 11.8. The number of nitrogens with zero attached hydrogens (tertiary/aromatic N) is 3. The highest BCUT2D eigenvalue weighted by atomic mass is 32.1. The molecule has 2 N–H and O–H groups in total. The molecule has 6 nitrogen and oxygen atoms in total. The second-order valence-corrected chi connectivity index (χ2v) is 9.21. The van der Waals surface area contributed by atoms with Crippen molar-refractivity contribution in [3.8, 4) is 21.9 Å². The van der Waals surface area contributed by atoms with Gasteiger partial charge in [0.05, 0.1) is 16.6 Å². The fourth-order valence-corrected chi connectivity index (χ4v) is 4.95. The smallest absolute Gasteiger partial charge is 0.416 e.